The zero-order valence-electron chi connectivity index (χ0n) is 7.00. The van der Waals surface area contributed by atoms with Crippen molar-refractivity contribution in [3.05, 3.63) is 35.4 Å². The first-order valence-corrected chi connectivity index (χ1v) is 3.91. The molecule has 0 unspecified atom stereocenters. The van der Waals surface area contributed by atoms with Gasteiger partial charge in [-0.25, -0.2) is 0 Å². The van der Waals surface area contributed by atoms with E-state index in [-0.39, 0.29) is 5.75 Å². The first kappa shape index (κ1) is 8.70. The average Bonchev–Trinajstić information content (AvgIpc) is 2.15. The van der Waals surface area contributed by atoms with Gasteiger partial charge in [0, 0.05) is 5.56 Å². The normalized spacial score (nSPS) is 17.4. The van der Waals surface area contributed by atoms with Crippen molar-refractivity contribution in [2.75, 3.05) is 0 Å². The minimum Gasteiger partial charge on any atom is -0.428 e. The molecule has 0 saturated heterocycles. The molecule has 1 heterocycles. The van der Waals surface area contributed by atoms with Gasteiger partial charge in [-0.15, -0.1) is 0 Å². The van der Waals surface area contributed by atoms with Gasteiger partial charge in [0.05, 0.1) is 0 Å². The highest BCUT2D eigenvalue weighted by atomic mass is 19.3. The largest absolute Gasteiger partial charge is 0.436 e. The SMILES string of the molecule is N#CC1=Cc2ccccc2OC1(F)F. The summed E-state index contributed by atoms with van der Waals surface area (Å²) >= 11 is 0. The first-order chi connectivity index (χ1) is 6.63. The predicted octanol–water partition coefficient (Wildman–Crippen LogP) is 2.58. The summed E-state index contributed by atoms with van der Waals surface area (Å²) in [5.41, 5.74) is -0.175. The lowest BCUT2D eigenvalue weighted by atomic mass is 10.1. The van der Waals surface area contributed by atoms with Gasteiger partial charge in [0.2, 0.25) is 0 Å². The Labute approximate surface area is 79.0 Å². The molecule has 70 valence electrons. The van der Waals surface area contributed by atoms with Crippen LogP contribution in [-0.2, 0) is 0 Å². The molecule has 0 amide bonds. The summed E-state index contributed by atoms with van der Waals surface area (Å²) in [6, 6.07) is 7.76. The summed E-state index contributed by atoms with van der Waals surface area (Å²) in [7, 11) is 0. The number of benzene rings is 1. The van der Waals surface area contributed by atoms with E-state index >= 15 is 0 Å². The minimum atomic E-state index is -3.51. The van der Waals surface area contributed by atoms with Gasteiger partial charge in [0.1, 0.15) is 17.4 Å². The molecule has 14 heavy (non-hydrogen) atoms. The number of nitriles is 1. The smallest absolute Gasteiger partial charge is 0.428 e. The number of halogens is 2. The van der Waals surface area contributed by atoms with Gasteiger partial charge in [0.15, 0.2) is 0 Å². The van der Waals surface area contributed by atoms with Crippen molar-refractivity contribution in [2.45, 2.75) is 6.11 Å². The van der Waals surface area contributed by atoms with Gasteiger partial charge < -0.3 is 4.74 Å². The maximum Gasteiger partial charge on any atom is 0.436 e. The fourth-order valence-electron chi connectivity index (χ4n) is 1.22. The quantitative estimate of drug-likeness (QED) is 0.634. The van der Waals surface area contributed by atoms with Crippen LogP contribution in [0.25, 0.3) is 6.08 Å². The van der Waals surface area contributed by atoms with E-state index in [1.54, 1.807) is 18.2 Å². The second-order valence-corrected chi connectivity index (χ2v) is 2.83. The summed E-state index contributed by atoms with van der Waals surface area (Å²) in [5, 5.41) is 8.47. The molecule has 1 aromatic carbocycles. The van der Waals surface area contributed by atoms with Crippen LogP contribution in [0.4, 0.5) is 8.78 Å². The Hall–Kier alpha value is -1.89. The maximum atomic E-state index is 13.0. The highest BCUT2D eigenvalue weighted by Crippen LogP contribution is 2.36. The lowest BCUT2D eigenvalue weighted by molar-refractivity contribution is -0.139. The Morgan fingerprint density at radius 3 is 2.71 bits per heavy atom. The zero-order chi connectivity index (χ0) is 10.2. The Bertz CT molecular complexity index is 446. The Morgan fingerprint density at radius 2 is 2.00 bits per heavy atom. The molecule has 0 bridgehead atoms. The topological polar surface area (TPSA) is 33.0 Å². The summed E-state index contributed by atoms with van der Waals surface area (Å²) in [4.78, 5) is 0. The summed E-state index contributed by atoms with van der Waals surface area (Å²) < 4.78 is 30.5. The fourth-order valence-corrected chi connectivity index (χ4v) is 1.22. The molecule has 0 spiro atoms. The van der Waals surface area contributed by atoms with E-state index in [4.69, 9.17) is 5.26 Å². The molecular formula is C10H5F2NO. The number of hydrogen-bond acceptors (Lipinski definition) is 2. The number of fused-ring (bicyclic) bond motifs is 1. The van der Waals surface area contributed by atoms with E-state index < -0.39 is 11.7 Å². The molecule has 4 heteroatoms. The van der Waals surface area contributed by atoms with E-state index in [1.165, 1.54) is 12.1 Å². The molecule has 1 aliphatic rings. The number of nitrogens with zero attached hydrogens (tertiary/aromatic N) is 1. The number of hydrogen-bond donors (Lipinski definition) is 0. The first-order valence-electron chi connectivity index (χ1n) is 3.91. The Balaban J connectivity index is 2.57. The maximum absolute atomic E-state index is 13.0. The molecule has 0 aliphatic carbocycles. The molecule has 2 rings (SSSR count). The molecule has 2 nitrogen and oxygen atoms in total. The highest BCUT2D eigenvalue weighted by Gasteiger charge is 2.40. The zero-order valence-corrected chi connectivity index (χ0v) is 7.00. The monoisotopic (exact) mass is 193 g/mol. The fraction of sp³-hybridized carbons (Fsp3) is 0.100. The van der Waals surface area contributed by atoms with E-state index in [0.29, 0.717) is 5.56 Å². The van der Waals surface area contributed by atoms with Crippen LogP contribution in [0, 0.1) is 11.3 Å². The Morgan fingerprint density at radius 1 is 1.29 bits per heavy atom. The van der Waals surface area contributed by atoms with Crippen LogP contribution in [0.1, 0.15) is 5.56 Å². The van der Waals surface area contributed by atoms with Crippen molar-refractivity contribution in [1.82, 2.24) is 0 Å². The summed E-state index contributed by atoms with van der Waals surface area (Å²) in [6.07, 6.45) is -2.37. The van der Waals surface area contributed by atoms with Crippen molar-refractivity contribution < 1.29 is 13.5 Å². The van der Waals surface area contributed by atoms with Crippen molar-refractivity contribution in [2.24, 2.45) is 0 Å². The molecule has 0 saturated carbocycles. The van der Waals surface area contributed by atoms with Crippen molar-refractivity contribution in [3.63, 3.8) is 0 Å². The minimum absolute atomic E-state index is 0.0940. The van der Waals surface area contributed by atoms with Gasteiger partial charge in [0.25, 0.3) is 0 Å². The number of rotatable bonds is 0. The molecule has 0 fully saturated rings. The van der Waals surface area contributed by atoms with Crippen LogP contribution in [0.5, 0.6) is 5.75 Å². The number of para-hydroxylation sites is 1. The standard InChI is InChI=1S/C10H5F2NO/c11-10(12)8(6-13)5-7-3-1-2-4-9(7)14-10/h1-5H. The number of alkyl halides is 2. The van der Waals surface area contributed by atoms with Crippen LogP contribution in [0.2, 0.25) is 0 Å². The molecule has 0 radical (unpaired) electrons. The highest BCUT2D eigenvalue weighted by molar-refractivity contribution is 5.66. The molecule has 1 aliphatic heterocycles. The van der Waals surface area contributed by atoms with E-state index in [0.717, 1.165) is 6.08 Å². The van der Waals surface area contributed by atoms with Crippen molar-refractivity contribution >= 4 is 6.08 Å². The van der Waals surface area contributed by atoms with Crippen LogP contribution < -0.4 is 4.74 Å². The second kappa shape index (κ2) is 2.81. The number of ether oxygens (including phenoxy) is 1. The summed E-state index contributed by atoms with van der Waals surface area (Å²) in [6.45, 7) is 0. The van der Waals surface area contributed by atoms with E-state index in [2.05, 4.69) is 4.74 Å². The van der Waals surface area contributed by atoms with Gasteiger partial charge in [-0.1, -0.05) is 18.2 Å². The Kier molecular flexibility index (Phi) is 1.74. The van der Waals surface area contributed by atoms with Gasteiger partial charge in [-0.2, -0.15) is 14.0 Å². The second-order valence-electron chi connectivity index (χ2n) is 2.83. The van der Waals surface area contributed by atoms with Crippen LogP contribution >= 0.6 is 0 Å². The third kappa shape index (κ3) is 1.23. The molecule has 0 N–H and O–H groups in total. The van der Waals surface area contributed by atoms with Crippen LogP contribution in [-0.4, -0.2) is 6.11 Å². The molecular weight excluding hydrogens is 188 g/mol. The third-order valence-electron chi connectivity index (χ3n) is 1.89. The van der Waals surface area contributed by atoms with E-state index in [1.807, 2.05) is 0 Å². The van der Waals surface area contributed by atoms with E-state index in [9.17, 15) is 8.78 Å². The lowest BCUT2D eigenvalue weighted by Crippen LogP contribution is -2.29. The van der Waals surface area contributed by atoms with Crippen LogP contribution in [0.3, 0.4) is 0 Å². The third-order valence-corrected chi connectivity index (χ3v) is 1.89. The predicted molar refractivity (Wildman–Crippen MR) is 45.6 cm³/mol. The van der Waals surface area contributed by atoms with Gasteiger partial charge >= 0.3 is 6.11 Å². The molecule has 0 atom stereocenters. The van der Waals surface area contributed by atoms with Crippen LogP contribution in [0.15, 0.2) is 29.8 Å². The van der Waals surface area contributed by atoms with Gasteiger partial charge in [-0.3, -0.25) is 0 Å². The lowest BCUT2D eigenvalue weighted by Gasteiger charge is -2.22. The van der Waals surface area contributed by atoms with Crippen molar-refractivity contribution in [3.8, 4) is 11.8 Å². The van der Waals surface area contributed by atoms with Gasteiger partial charge in [-0.05, 0) is 12.1 Å². The molecule has 1 aromatic rings. The average molecular weight is 193 g/mol. The summed E-state index contributed by atoms with van der Waals surface area (Å²) in [5.74, 6) is 0.0940. The molecule has 0 aromatic heterocycles. The van der Waals surface area contributed by atoms with Crippen molar-refractivity contribution in [1.29, 1.82) is 5.26 Å².